The number of nitrogens with one attached hydrogen (secondary N) is 1. The van der Waals surface area contributed by atoms with Gasteiger partial charge in [0.2, 0.25) is 0 Å². The number of anilines is 3. The first kappa shape index (κ1) is 25.3. The van der Waals surface area contributed by atoms with Crippen LogP contribution in [0.5, 0.6) is 0 Å². The van der Waals surface area contributed by atoms with Gasteiger partial charge in [0.05, 0.1) is 11.2 Å². The van der Waals surface area contributed by atoms with Crippen LogP contribution in [0.25, 0.3) is 22.2 Å². The van der Waals surface area contributed by atoms with Crippen molar-refractivity contribution in [3.8, 4) is 11.1 Å². The molecule has 0 atom stereocenters. The molecule has 37 heavy (non-hydrogen) atoms. The zero-order valence-corrected chi connectivity index (χ0v) is 23.3. The van der Waals surface area contributed by atoms with Crippen molar-refractivity contribution >= 4 is 28.2 Å². The Morgan fingerprint density at radius 1 is 0.811 bits per heavy atom. The minimum absolute atomic E-state index is 0.337. The van der Waals surface area contributed by atoms with Crippen LogP contribution in [-0.2, 0) is 7.05 Å². The lowest BCUT2D eigenvalue weighted by molar-refractivity contribution is 0.209. The number of hydrogen-bond acceptors (Lipinski definition) is 5. The number of hydrogen-bond donors (Lipinski definition) is 1. The third-order valence-corrected chi connectivity index (χ3v) is 7.51. The van der Waals surface area contributed by atoms with Crippen LogP contribution in [0.3, 0.4) is 0 Å². The molecule has 6 heteroatoms. The predicted octanol–water partition coefficient (Wildman–Crippen LogP) is 6.65. The van der Waals surface area contributed by atoms with Crippen LogP contribution < -0.4 is 10.2 Å². The molecule has 0 bridgehead atoms. The number of rotatable bonds is 6. The predicted molar refractivity (Wildman–Crippen MR) is 156 cm³/mol. The fourth-order valence-electron chi connectivity index (χ4n) is 5.49. The van der Waals surface area contributed by atoms with Gasteiger partial charge < -0.3 is 14.8 Å². The normalized spacial score (nSPS) is 14.8. The maximum atomic E-state index is 5.04. The summed E-state index contributed by atoms with van der Waals surface area (Å²) in [5, 5.41) is 3.59. The number of benzene rings is 2. The van der Waals surface area contributed by atoms with Crippen LogP contribution >= 0.6 is 0 Å². The first-order chi connectivity index (χ1) is 17.7. The summed E-state index contributed by atoms with van der Waals surface area (Å²) in [6, 6.07) is 18.3. The van der Waals surface area contributed by atoms with E-state index in [-0.39, 0.29) is 0 Å². The fourth-order valence-corrected chi connectivity index (χ4v) is 5.49. The van der Waals surface area contributed by atoms with E-state index in [1.807, 2.05) is 6.92 Å². The highest BCUT2D eigenvalue weighted by atomic mass is 15.3. The molecule has 194 valence electrons. The van der Waals surface area contributed by atoms with E-state index >= 15 is 0 Å². The summed E-state index contributed by atoms with van der Waals surface area (Å²) in [4.78, 5) is 14.8. The van der Waals surface area contributed by atoms with Crippen molar-refractivity contribution in [3.63, 3.8) is 0 Å². The first-order valence-electron chi connectivity index (χ1n) is 13.5. The lowest BCUT2D eigenvalue weighted by Crippen LogP contribution is -2.48. The third-order valence-electron chi connectivity index (χ3n) is 7.51. The van der Waals surface area contributed by atoms with E-state index in [2.05, 4.69) is 110 Å². The van der Waals surface area contributed by atoms with Gasteiger partial charge in [-0.1, -0.05) is 26.0 Å². The van der Waals surface area contributed by atoms with Crippen LogP contribution in [0, 0.1) is 13.8 Å². The minimum atomic E-state index is 0.337. The first-order valence-corrected chi connectivity index (χ1v) is 13.5. The average molecular weight is 497 g/mol. The Kier molecular flexibility index (Phi) is 6.95. The molecule has 5 rings (SSSR count). The Morgan fingerprint density at radius 3 is 2.14 bits per heavy atom. The van der Waals surface area contributed by atoms with Crippen LogP contribution in [-0.4, -0.2) is 51.7 Å². The van der Waals surface area contributed by atoms with Gasteiger partial charge in [-0.3, -0.25) is 4.90 Å². The third kappa shape index (κ3) is 5.21. The van der Waals surface area contributed by atoms with Gasteiger partial charge in [0.25, 0.3) is 0 Å². The summed E-state index contributed by atoms with van der Waals surface area (Å²) in [7, 11) is 2.12. The van der Waals surface area contributed by atoms with Gasteiger partial charge in [-0.15, -0.1) is 0 Å². The monoisotopic (exact) mass is 496 g/mol. The molecule has 4 aromatic rings. The largest absolute Gasteiger partial charge is 0.369 e. The molecule has 1 fully saturated rings. The van der Waals surface area contributed by atoms with Crippen molar-refractivity contribution in [2.75, 3.05) is 36.4 Å². The molecular formula is C31H40N6. The van der Waals surface area contributed by atoms with Crippen molar-refractivity contribution in [1.29, 1.82) is 0 Å². The highest BCUT2D eigenvalue weighted by molar-refractivity contribution is 5.95. The SMILES string of the molecule is Cc1cc(C)nc(Nc2cc(-c3ccc(N4CCN(C(C)C)CC4)cc3)cc3c2nc(C(C)C)n3C)c1. The van der Waals surface area contributed by atoms with Crippen LogP contribution in [0.1, 0.15) is 50.7 Å². The van der Waals surface area contributed by atoms with Crippen molar-refractivity contribution in [2.45, 2.75) is 53.5 Å². The summed E-state index contributed by atoms with van der Waals surface area (Å²) in [5.41, 5.74) is 8.97. The number of nitrogens with zero attached hydrogens (tertiary/aromatic N) is 5. The summed E-state index contributed by atoms with van der Waals surface area (Å²) >= 11 is 0. The number of aromatic nitrogens is 3. The van der Waals surface area contributed by atoms with E-state index in [9.17, 15) is 0 Å². The van der Waals surface area contributed by atoms with Gasteiger partial charge in [-0.2, -0.15) is 0 Å². The number of piperazine rings is 1. The topological polar surface area (TPSA) is 49.2 Å². The highest BCUT2D eigenvalue weighted by Gasteiger charge is 2.20. The van der Waals surface area contributed by atoms with Gasteiger partial charge in [0, 0.05) is 56.6 Å². The molecule has 0 saturated carbocycles. The molecule has 2 aromatic carbocycles. The van der Waals surface area contributed by atoms with E-state index in [0.717, 1.165) is 60.2 Å². The van der Waals surface area contributed by atoms with Crippen molar-refractivity contribution in [1.82, 2.24) is 19.4 Å². The molecule has 1 aliphatic rings. The standard InChI is InChI=1S/C31H40N6/c1-20(2)31-34-30-27(33-29-17-22(5)16-23(6)32-29)18-25(19-28(30)35(31)7)24-8-10-26(11-9-24)37-14-12-36(13-15-37)21(3)4/h8-11,16-21H,12-15H2,1-7H3,(H,32,33). The van der Waals surface area contributed by atoms with Gasteiger partial charge in [-0.25, -0.2) is 9.97 Å². The molecule has 0 radical (unpaired) electrons. The Morgan fingerprint density at radius 2 is 1.51 bits per heavy atom. The second-order valence-electron chi connectivity index (χ2n) is 11.0. The molecule has 3 heterocycles. The smallest absolute Gasteiger partial charge is 0.130 e. The van der Waals surface area contributed by atoms with Crippen molar-refractivity contribution < 1.29 is 0 Å². The number of fused-ring (bicyclic) bond motifs is 1. The Bertz CT molecular complexity index is 1370. The quantitative estimate of drug-likeness (QED) is 0.324. The van der Waals surface area contributed by atoms with Crippen LogP contribution in [0.15, 0.2) is 48.5 Å². The Hall–Kier alpha value is -3.38. The summed E-state index contributed by atoms with van der Waals surface area (Å²) in [5.74, 6) is 2.27. The zero-order valence-electron chi connectivity index (χ0n) is 23.3. The number of imidazole rings is 1. The van der Waals surface area contributed by atoms with E-state index in [1.165, 1.54) is 22.4 Å². The molecule has 0 spiro atoms. The molecule has 1 saturated heterocycles. The van der Waals surface area contributed by atoms with Gasteiger partial charge in [0.15, 0.2) is 0 Å². The van der Waals surface area contributed by atoms with Crippen molar-refractivity contribution in [3.05, 3.63) is 65.6 Å². The lowest BCUT2D eigenvalue weighted by atomic mass is 10.0. The lowest BCUT2D eigenvalue weighted by Gasteiger charge is -2.38. The Labute approximate surface area is 221 Å². The summed E-state index contributed by atoms with van der Waals surface area (Å²) in [6.07, 6.45) is 0. The summed E-state index contributed by atoms with van der Waals surface area (Å²) < 4.78 is 2.23. The zero-order chi connectivity index (χ0) is 26.3. The average Bonchev–Trinajstić information content (AvgIpc) is 3.20. The molecule has 0 aliphatic carbocycles. The number of pyridine rings is 1. The molecule has 2 aromatic heterocycles. The Balaban J connectivity index is 1.50. The van der Waals surface area contributed by atoms with E-state index in [1.54, 1.807) is 0 Å². The molecular weight excluding hydrogens is 456 g/mol. The second kappa shape index (κ2) is 10.2. The second-order valence-corrected chi connectivity index (χ2v) is 11.0. The minimum Gasteiger partial charge on any atom is -0.369 e. The number of aryl methyl sites for hydroxylation is 3. The van der Waals surface area contributed by atoms with E-state index < -0.39 is 0 Å². The summed E-state index contributed by atoms with van der Waals surface area (Å²) in [6.45, 7) is 17.5. The van der Waals surface area contributed by atoms with Gasteiger partial charge in [0.1, 0.15) is 17.2 Å². The van der Waals surface area contributed by atoms with Crippen LogP contribution in [0.2, 0.25) is 0 Å². The molecule has 0 unspecified atom stereocenters. The maximum absolute atomic E-state index is 5.04. The molecule has 1 aliphatic heterocycles. The highest BCUT2D eigenvalue weighted by Crippen LogP contribution is 2.35. The van der Waals surface area contributed by atoms with Crippen molar-refractivity contribution in [2.24, 2.45) is 7.05 Å². The molecule has 6 nitrogen and oxygen atoms in total. The van der Waals surface area contributed by atoms with Gasteiger partial charge >= 0.3 is 0 Å². The van der Waals surface area contributed by atoms with E-state index in [0.29, 0.717) is 12.0 Å². The molecule has 1 N–H and O–H groups in total. The van der Waals surface area contributed by atoms with Crippen LogP contribution in [0.4, 0.5) is 17.2 Å². The maximum Gasteiger partial charge on any atom is 0.130 e. The van der Waals surface area contributed by atoms with E-state index in [4.69, 9.17) is 9.97 Å². The molecule has 0 amide bonds. The van der Waals surface area contributed by atoms with Gasteiger partial charge in [-0.05, 0) is 80.8 Å². The fraction of sp³-hybridized carbons (Fsp3) is 0.419.